The van der Waals surface area contributed by atoms with Gasteiger partial charge < -0.3 is 5.73 Å². The summed E-state index contributed by atoms with van der Waals surface area (Å²) in [5.41, 5.74) is 7.70. The van der Waals surface area contributed by atoms with Gasteiger partial charge in [-0.05, 0) is 12.1 Å². The molecule has 0 aliphatic carbocycles. The Morgan fingerprint density at radius 2 is 1.88 bits per heavy atom. The first-order valence-corrected chi connectivity index (χ1v) is 4.60. The van der Waals surface area contributed by atoms with Gasteiger partial charge in [0, 0.05) is 5.56 Å². The topological polar surface area (TPSA) is 92.5 Å². The number of carbonyl (C=O) groups is 3. The quantitative estimate of drug-likeness (QED) is 0.469. The lowest BCUT2D eigenvalue weighted by molar-refractivity contribution is -0.127. The number of nitrogens with zero attached hydrogens (tertiary/aromatic N) is 1. The minimum atomic E-state index is -1.30. The van der Waals surface area contributed by atoms with E-state index >= 15 is 0 Å². The van der Waals surface area contributed by atoms with Crippen LogP contribution in [0.15, 0.2) is 30.3 Å². The van der Waals surface area contributed by atoms with Gasteiger partial charge in [0.15, 0.2) is 6.04 Å². The van der Waals surface area contributed by atoms with Gasteiger partial charge in [-0.15, -0.1) is 0 Å². The van der Waals surface area contributed by atoms with Crippen LogP contribution < -0.4 is 11.2 Å². The fourth-order valence-corrected chi connectivity index (χ4v) is 1.35. The van der Waals surface area contributed by atoms with Gasteiger partial charge in [0.25, 0.3) is 17.7 Å². The summed E-state index contributed by atoms with van der Waals surface area (Å²) in [5.74, 6) is -2.00. The maximum absolute atomic E-state index is 11.8. The van der Waals surface area contributed by atoms with E-state index in [4.69, 9.17) is 5.73 Å². The van der Waals surface area contributed by atoms with Gasteiger partial charge in [-0.2, -0.15) is 5.01 Å². The summed E-state index contributed by atoms with van der Waals surface area (Å²) in [4.78, 5) is 34.3. The van der Waals surface area contributed by atoms with Crippen LogP contribution in [0.5, 0.6) is 0 Å². The molecule has 1 atom stereocenters. The first kappa shape index (κ1) is 10.3. The molecule has 3 N–H and O–H groups in total. The van der Waals surface area contributed by atoms with E-state index in [0.29, 0.717) is 10.6 Å². The molecule has 3 amide bonds. The highest BCUT2D eigenvalue weighted by Crippen LogP contribution is 2.08. The Labute approximate surface area is 91.0 Å². The number of rotatable bonds is 1. The molecule has 1 unspecified atom stereocenters. The van der Waals surface area contributed by atoms with E-state index < -0.39 is 23.8 Å². The molecule has 2 rings (SSSR count). The molecule has 6 nitrogen and oxygen atoms in total. The van der Waals surface area contributed by atoms with Crippen molar-refractivity contribution in [2.24, 2.45) is 5.73 Å². The molecule has 1 heterocycles. The van der Waals surface area contributed by atoms with Gasteiger partial charge in [0.1, 0.15) is 0 Å². The molecule has 0 aromatic heterocycles. The summed E-state index contributed by atoms with van der Waals surface area (Å²) >= 11 is 0. The average molecular weight is 219 g/mol. The van der Waals surface area contributed by atoms with Gasteiger partial charge in [-0.3, -0.25) is 19.8 Å². The number of amides is 3. The fraction of sp³-hybridized carbons (Fsp3) is 0.100. The number of nitrogens with one attached hydrogen (secondary N) is 1. The second-order valence-electron chi connectivity index (χ2n) is 3.30. The summed E-state index contributed by atoms with van der Waals surface area (Å²) in [7, 11) is 0. The normalized spacial score (nSPS) is 19.8. The van der Waals surface area contributed by atoms with Crippen molar-refractivity contribution in [2.75, 3.05) is 0 Å². The van der Waals surface area contributed by atoms with Crippen molar-refractivity contribution in [3.8, 4) is 0 Å². The average Bonchev–Trinajstić information content (AvgIpc) is 2.57. The lowest BCUT2D eigenvalue weighted by atomic mass is 10.2. The molecule has 1 aromatic rings. The zero-order chi connectivity index (χ0) is 11.7. The Balaban J connectivity index is 2.25. The van der Waals surface area contributed by atoms with Crippen LogP contribution in [0, 0.1) is 0 Å². The van der Waals surface area contributed by atoms with Crippen molar-refractivity contribution in [1.82, 2.24) is 10.4 Å². The van der Waals surface area contributed by atoms with Crippen LogP contribution in [0.2, 0.25) is 0 Å². The van der Waals surface area contributed by atoms with Crippen molar-refractivity contribution in [3.63, 3.8) is 0 Å². The SMILES string of the molecule is NC1C(=O)NN(C(=O)c2ccccc2)C1=O. The van der Waals surface area contributed by atoms with Crippen LogP contribution in [0.25, 0.3) is 0 Å². The Morgan fingerprint density at radius 3 is 2.38 bits per heavy atom. The van der Waals surface area contributed by atoms with Crippen LogP contribution in [0.3, 0.4) is 0 Å². The van der Waals surface area contributed by atoms with E-state index in [9.17, 15) is 14.4 Å². The number of carbonyl (C=O) groups excluding carboxylic acids is 3. The molecule has 0 spiro atoms. The van der Waals surface area contributed by atoms with Crippen LogP contribution in [0.4, 0.5) is 0 Å². The van der Waals surface area contributed by atoms with Crippen LogP contribution in [-0.2, 0) is 9.59 Å². The van der Waals surface area contributed by atoms with Crippen LogP contribution in [0.1, 0.15) is 10.4 Å². The van der Waals surface area contributed by atoms with E-state index in [1.165, 1.54) is 0 Å². The summed E-state index contributed by atoms with van der Waals surface area (Å²) in [5, 5.41) is 0.641. The number of benzene rings is 1. The molecular formula is C10H9N3O3. The van der Waals surface area contributed by atoms with Crippen molar-refractivity contribution >= 4 is 17.7 Å². The molecule has 1 saturated heterocycles. The number of hydrogen-bond donors (Lipinski definition) is 2. The van der Waals surface area contributed by atoms with E-state index in [1.54, 1.807) is 30.3 Å². The van der Waals surface area contributed by atoms with Gasteiger partial charge >= 0.3 is 0 Å². The maximum Gasteiger partial charge on any atom is 0.279 e. The third-order valence-electron chi connectivity index (χ3n) is 2.21. The molecule has 1 aliphatic heterocycles. The molecule has 1 aromatic carbocycles. The molecule has 6 heteroatoms. The summed E-state index contributed by atoms with van der Waals surface area (Å²) in [6.45, 7) is 0. The lowest BCUT2D eigenvalue weighted by Gasteiger charge is -2.12. The Bertz CT molecular complexity index is 458. The second-order valence-corrected chi connectivity index (χ2v) is 3.30. The maximum atomic E-state index is 11.8. The Kier molecular flexibility index (Phi) is 2.41. The highest BCUT2D eigenvalue weighted by atomic mass is 16.2. The molecule has 16 heavy (non-hydrogen) atoms. The standard InChI is InChI=1S/C10H9N3O3/c11-7-8(14)12-13(10(7)16)9(15)6-4-2-1-3-5-6/h1-5,7H,11H2,(H,12,14). The number of hydrogen-bond acceptors (Lipinski definition) is 4. The third kappa shape index (κ3) is 1.55. The van der Waals surface area contributed by atoms with E-state index in [1.807, 2.05) is 0 Å². The summed E-state index contributed by atoms with van der Waals surface area (Å²) in [6, 6.07) is 6.86. The lowest BCUT2D eigenvalue weighted by Crippen LogP contribution is -2.41. The van der Waals surface area contributed by atoms with E-state index in [0.717, 1.165) is 0 Å². The molecule has 0 bridgehead atoms. The number of nitrogens with two attached hydrogens (primary N) is 1. The van der Waals surface area contributed by atoms with Crippen molar-refractivity contribution in [2.45, 2.75) is 6.04 Å². The van der Waals surface area contributed by atoms with Gasteiger partial charge in [-0.1, -0.05) is 18.2 Å². The van der Waals surface area contributed by atoms with Gasteiger partial charge in [-0.25, -0.2) is 0 Å². The zero-order valence-corrected chi connectivity index (χ0v) is 8.21. The van der Waals surface area contributed by atoms with Crippen molar-refractivity contribution < 1.29 is 14.4 Å². The zero-order valence-electron chi connectivity index (χ0n) is 8.21. The highest BCUT2D eigenvalue weighted by Gasteiger charge is 2.40. The van der Waals surface area contributed by atoms with Crippen LogP contribution in [-0.4, -0.2) is 28.8 Å². The minimum Gasteiger partial charge on any atom is -0.312 e. The monoisotopic (exact) mass is 219 g/mol. The van der Waals surface area contributed by atoms with Gasteiger partial charge in [0.2, 0.25) is 0 Å². The predicted molar refractivity (Wildman–Crippen MR) is 53.7 cm³/mol. The molecule has 82 valence electrons. The summed E-state index contributed by atoms with van der Waals surface area (Å²) < 4.78 is 0. The van der Waals surface area contributed by atoms with Crippen molar-refractivity contribution in [1.29, 1.82) is 0 Å². The molecular weight excluding hydrogens is 210 g/mol. The fourth-order valence-electron chi connectivity index (χ4n) is 1.35. The van der Waals surface area contributed by atoms with E-state index in [2.05, 4.69) is 5.43 Å². The smallest absolute Gasteiger partial charge is 0.279 e. The second kappa shape index (κ2) is 3.74. The van der Waals surface area contributed by atoms with Gasteiger partial charge in [0.05, 0.1) is 0 Å². The predicted octanol–water partition coefficient (Wildman–Crippen LogP) is -0.972. The first-order valence-electron chi connectivity index (χ1n) is 4.60. The highest BCUT2D eigenvalue weighted by molar-refractivity contribution is 6.17. The molecule has 1 fully saturated rings. The van der Waals surface area contributed by atoms with E-state index in [-0.39, 0.29) is 0 Å². The van der Waals surface area contributed by atoms with Crippen LogP contribution >= 0.6 is 0 Å². The minimum absolute atomic E-state index is 0.310. The largest absolute Gasteiger partial charge is 0.312 e. The first-order chi connectivity index (χ1) is 7.61. The Morgan fingerprint density at radius 1 is 1.25 bits per heavy atom. The third-order valence-corrected chi connectivity index (χ3v) is 2.21. The molecule has 0 saturated carbocycles. The molecule has 1 aliphatic rings. The number of hydrazine groups is 1. The Hall–Kier alpha value is -2.21. The van der Waals surface area contributed by atoms with Crippen molar-refractivity contribution in [3.05, 3.63) is 35.9 Å². The number of imide groups is 1. The molecule has 0 radical (unpaired) electrons. The summed E-state index contributed by atoms with van der Waals surface area (Å²) in [6.07, 6.45) is 0.